The standard InChI is InChI=1S/C12H11NO3/c1-3-4-7-5-8-9-10(6(7)2)16-13(11(8)14)12(9)15/h5H,3-4H2,1-2H3. The molecule has 0 amide bonds. The van der Waals surface area contributed by atoms with Crippen molar-refractivity contribution >= 4 is 16.9 Å². The Morgan fingerprint density at radius 3 is 2.75 bits per heavy atom. The molecule has 82 valence electrons. The lowest BCUT2D eigenvalue weighted by atomic mass is 9.98. The molecule has 0 saturated carbocycles. The molecule has 4 nitrogen and oxygen atoms in total. The van der Waals surface area contributed by atoms with Crippen LogP contribution in [0.25, 0.3) is 11.0 Å². The summed E-state index contributed by atoms with van der Waals surface area (Å²) in [7, 11) is 0. The zero-order chi connectivity index (χ0) is 11.4. The number of hydrogen-bond donors (Lipinski definition) is 0. The number of nitrogens with zero attached hydrogens (tertiary/aromatic N) is 1. The molecule has 0 atom stereocenters. The van der Waals surface area contributed by atoms with E-state index >= 15 is 0 Å². The Labute approximate surface area is 91.4 Å². The van der Waals surface area contributed by atoms with Crippen LogP contribution in [0, 0.1) is 6.92 Å². The molecular weight excluding hydrogens is 206 g/mol. The zero-order valence-corrected chi connectivity index (χ0v) is 9.16. The largest absolute Gasteiger partial charge is 0.367 e. The van der Waals surface area contributed by atoms with Gasteiger partial charge in [0.25, 0.3) is 11.5 Å². The van der Waals surface area contributed by atoms with Crippen LogP contribution in [0.2, 0.25) is 0 Å². The summed E-state index contributed by atoms with van der Waals surface area (Å²) in [6.45, 7) is 4.01. The minimum atomic E-state index is -0.329. The van der Waals surface area contributed by atoms with Crippen molar-refractivity contribution in [3.05, 3.63) is 33.1 Å². The summed E-state index contributed by atoms with van der Waals surface area (Å²) in [5.41, 5.74) is 2.83. The van der Waals surface area contributed by atoms with Gasteiger partial charge in [-0.1, -0.05) is 18.1 Å². The molecule has 16 heavy (non-hydrogen) atoms. The number of aryl methyl sites for hydroxylation is 2. The number of hydrogen-bond acceptors (Lipinski definition) is 3. The molecule has 0 N–H and O–H groups in total. The Balaban J connectivity index is 2.44. The van der Waals surface area contributed by atoms with Gasteiger partial charge in [-0.2, -0.15) is 0 Å². The Kier molecular flexibility index (Phi) is 1.67. The number of benzene rings is 1. The molecule has 1 aliphatic heterocycles. The average molecular weight is 217 g/mol. The minimum absolute atomic E-state index is 0.318. The highest BCUT2D eigenvalue weighted by Gasteiger charge is 2.31. The third kappa shape index (κ3) is 0.894. The van der Waals surface area contributed by atoms with Crippen LogP contribution < -0.4 is 5.56 Å². The summed E-state index contributed by atoms with van der Waals surface area (Å²) < 4.78 is 6.11. The normalized spacial score (nSPS) is 13.2. The summed E-state index contributed by atoms with van der Waals surface area (Å²) in [5, 5.41) is 0.447. The second kappa shape index (κ2) is 2.84. The lowest BCUT2D eigenvalue weighted by Gasteiger charge is -2.09. The predicted molar refractivity (Wildman–Crippen MR) is 58.9 cm³/mol. The van der Waals surface area contributed by atoms with Crippen LogP contribution >= 0.6 is 0 Å². The minimum Gasteiger partial charge on any atom is -0.367 e. The third-order valence-corrected chi connectivity index (χ3v) is 3.15. The van der Waals surface area contributed by atoms with E-state index in [0.29, 0.717) is 16.5 Å². The zero-order valence-electron chi connectivity index (χ0n) is 9.16. The van der Waals surface area contributed by atoms with Crippen LogP contribution in [0.4, 0.5) is 0 Å². The molecule has 0 saturated heterocycles. The van der Waals surface area contributed by atoms with Crippen molar-refractivity contribution in [1.29, 1.82) is 0 Å². The maximum atomic E-state index is 11.7. The molecule has 2 aromatic rings. The lowest BCUT2D eigenvalue weighted by molar-refractivity contribution is 0.0855. The first kappa shape index (κ1) is 9.39. The van der Waals surface area contributed by atoms with Crippen molar-refractivity contribution in [1.82, 2.24) is 4.74 Å². The molecule has 0 radical (unpaired) electrons. The van der Waals surface area contributed by atoms with Crippen LogP contribution in [0.1, 0.15) is 34.8 Å². The van der Waals surface area contributed by atoms with E-state index in [1.54, 1.807) is 0 Å². The molecule has 0 aliphatic carbocycles. The quantitative estimate of drug-likeness (QED) is 0.658. The van der Waals surface area contributed by atoms with E-state index in [1.165, 1.54) is 0 Å². The van der Waals surface area contributed by atoms with Crippen molar-refractivity contribution in [2.24, 2.45) is 0 Å². The molecule has 0 fully saturated rings. The SMILES string of the molecule is CCCc1cc2c3c(=O)n(oc3c1C)C2=O. The number of rotatable bonds is 2. The first-order valence-electron chi connectivity index (χ1n) is 5.38. The maximum absolute atomic E-state index is 11.7. The van der Waals surface area contributed by atoms with Gasteiger partial charge in [-0.25, -0.2) is 0 Å². The smallest absolute Gasteiger partial charge is 0.299 e. The van der Waals surface area contributed by atoms with Gasteiger partial charge in [-0.3, -0.25) is 9.59 Å². The van der Waals surface area contributed by atoms with Crippen molar-refractivity contribution in [3.8, 4) is 0 Å². The fourth-order valence-electron chi connectivity index (χ4n) is 2.31. The van der Waals surface area contributed by atoms with E-state index in [9.17, 15) is 9.59 Å². The van der Waals surface area contributed by atoms with E-state index in [1.807, 2.05) is 13.0 Å². The van der Waals surface area contributed by atoms with Crippen molar-refractivity contribution in [2.45, 2.75) is 26.7 Å². The van der Waals surface area contributed by atoms with Gasteiger partial charge in [0.15, 0.2) is 5.58 Å². The second-order valence-corrected chi connectivity index (χ2v) is 4.16. The van der Waals surface area contributed by atoms with Gasteiger partial charge < -0.3 is 4.52 Å². The van der Waals surface area contributed by atoms with Crippen molar-refractivity contribution in [2.75, 3.05) is 0 Å². The van der Waals surface area contributed by atoms with Crippen LogP contribution in [0.15, 0.2) is 15.4 Å². The highest BCUT2D eigenvalue weighted by Crippen LogP contribution is 2.29. The third-order valence-electron chi connectivity index (χ3n) is 3.15. The van der Waals surface area contributed by atoms with Crippen LogP contribution in [0.3, 0.4) is 0 Å². The molecule has 1 aliphatic rings. The molecule has 4 heteroatoms. The molecule has 2 bridgehead atoms. The molecule has 2 heterocycles. The van der Waals surface area contributed by atoms with Gasteiger partial charge >= 0.3 is 0 Å². The molecule has 0 unspecified atom stereocenters. The number of carbonyl (C=O) groups is 1. The summed E-state index contributed by atoms with van der Waals surface area (Å²) in [6.07, 6.45) is 1.90. The van der Waals surface area contributed by atoms with Gasteiger partial charge in [0.1, 0.15) is 5.39 Å². The van der Waals surface area contributed by atoms with Crippen LogP contribution in [-0.4, -0.2) is 10.6 Å². The Morgan fingerprint density at radius 2 is 2.12 bits per heavy atom. The van der Waals surface area contributed by atoms with E-state index in [2.05, 4.69) is 6.92 Å². The summed E-state index contributed by atoms with van der Waals surface area (Å²) in [6, 6.07) is 1.83. The number of aromatic nitrogens is 1. The fraction of sp³-hybridized carbons (Fsp3) is 0.333. The predicted octanol–water partition coefficient (Wildman–Crippen LogP) is 1.86. The summed E-state index contributed by atoms with van der Waals surface area (Å²) in [4.78, 5) is 23.4. The van der Waals surface area contributed by atoms with E-state index in [-0.39, 0.29) is 11.5 Å². The Morgan fingerprint density at radius 1 is 1.38 bits per heavy atom. The fourth-order valence-corrected chi connectivity index (χ4v) is 2.31. The molecule has 1 aromatic carbocycles. The summed E-state index contributed by atoms with van der Waals surface area (Å²) >= 11 is 0. The van der Waals surface area contributed by atoms with Crippen LogP contribution in [0.5, 0.6) is 0 Å². The summed E-state index contributed by atoms with van der Waals surface area (Å²) in [5.74, 6) is -0.329. The van der Waals surface area contributed by atoms with Crippen LogP contribution in [-0.2, 0) is 6.42 Å². The molecular formula is C12H11NO3. The van der Waals surface area contributed by atoms with Gasteiger partial charge in [0.05, 0.1) is 5.56 Å². The van der Waals surface area contributed by atoms with Gasteiger partial charge in [-0.15, -0.1) is 0 Å². The Hall–Kier alpha value is -1.84. The van der Waals surface area contributed by atoms with E-state index < -0.39 is 0 Å². The molecule has 3 rings (SSSR count). The first-order chi connectivity index (χ1) is 7.65. The lowest BCUT2D eigenvalue weighted by Crippen LogP contribution is -2.15. The van der Waals surface area contributed by atoms with Gasteiger partial charge in [-0.05, 0) is 30.5 Å². The Bertz CT molecular complexity index is 676. The van der Waals surface area contributed by atoms with E-state index in [4.69, 9.17) is 4.52 Å². The highest BCUT2D eigenvalue weighted by atomic mass is 16.5. The topological polar surface area (TPSA) is 52.2 Å². The molecule has 0 spiro atoms. The van der Waals surface area contributed by atoms with Gasteiger partial charge in [0, 0.05) is 0 Å². The second-order valence-electron chi connectivity index (χ2n) is 4.16. The van der Waals surface area contributed by atoms with E-state index in [0.717, 1.165) is 28.7 Å². The monoisotopic (exact) mass is 217 g/mol. The maximum Gasteiger partial charge on any atom is 0.299 e. The average Bonchev–Trinajstić information content (AvgIpc) is 2.70. The molecule has 1 aromatic heterocycles. The van der Waals surface area contributed by atoms with Crippen molar-refractivity contribution < 1.29 is 9.32 Å². The van der Waals surface area contributed by atoms with Crippen molar-refractivity contribution in [3.63, 3.8) is 0 Å². The van der Waals surface area contributed by atoms with Gasteiger partial charge in [0.2, 0.25) is 0 Å². The highest BCUT2D eigenvalue weighted by molar-refractivity contribution is 6.11. The first-order valence-corrected chi connectivity index (χ1v) is 5.38. The number of fused-ring (bicyclic) bond motifs is 1. The number of carbonyl (C=O) groups excluding carboxylic acids is 1.